The Hall–Kier alpha value is -2.59. The number of aliphatic imine (C=N–C) groups is 1. The number of carbonyl (C=O) groups is 1. The molecule has 19 heavy (non-hydrogen) atoms. The summed E-state index contributed by atoms with van der Waals surface area (Å²) in [5, 5.41) is 9.61. The number of hydrogen-bond donors (Lipinski definition) is 2. The molecule has 100 valence electrons. The second kappa shape index (κ2) is 6.37. The highest BCUT2D eigenvalue weighted by molar-refractivity contribution is 5.93. The van der Waals surface area contributed by atoms with Crippen LogP contribution in [0.5, 0.6) is 5.75 Å². The molecule has 0 bridgehead atoms. The highest BCUT2D eigenvalue weighted by atomic mass is 16.6. The Morgan fingerprint density at radius 2 is 2.26 bits per heavy atom. The van der Waals surface area contributed by atoms with E-state index in [1.165, 1.54) is 38.1 Å². The molecule has 6 nitrogen and oxygen atoms in total. The number of nitrogen functional groups attached to an aromatic ring is 1. The molecule has 0 aliphatic heterocycles. The van der Waals surface area contributed by atoms with Gasteiger partial charge in [0.2, 0.25) is 12.3 Å². The zero-order valence-corrected chi connectivity index (χ0v) is 10.6. The van der Waals surface area contributed by atoms with Crippen molar-refractivity contribution in [2.24, 2.45) is 4.99 Å². The van der Waals surface area contributed by atoms with Crippen molar-refractivity contribution in [3.8, 4) is 5.75 Å². The summed E-state index contributed by atoms with van der Waals surface area (Å²) >= 11 is 0. The van der Waals surface area contributed by atoms with Gasteiger partial charge in [0.1, 0.15) is 5.75 Å². The minimum atomic E-state index is -0.900. The van der Waals surface area contributed by atoms with Gasteiger partial charge in [0, 0.05) is 16.8 Å². The van der Waals surface area contributed by atoms with Crippen LogP contribution in [0.3, 0.4) is 0 Å². The molecule has 6 heteroatoms. The van der Waals surface area contributed by atoms with Crippen LogP contribution in [0.1, 0.15) is 19.4 Å². The molecule has 1 unspecified atom stereocenters. The maximum atomic E-state index is 11.6. The van der Waals surface area contributed by atoms with Crippen LogP contribution in [0.2, 0.25) is 0 Å². The molecule has 0 radical (unpaired) electrons. The van der Waals surface area contributed by atoms with Gasteiger partial charge < -0.3 is 15.6 Å². The van der Waals surface area contributed by atoms with E-state index in [4.69, 9.17) is 10.5 Å². The van der Waals surface area contributed by atoms with E-state index >= 15 is 0 Å². The molecule has 0 heterocycles. The van der Waals surface area contributed by atoms with Gasteiger partial charge in [-0.05, 0) is 38.1 Å². The summed E-state index contributed by atoms with van der Waals surface area (Å²) in [5.41, 5.74) is 6.70. The second-order valence-electron chi connectivity index (χ2n) is 3.87. The number of esters is 1. The molecule has 1 aromatic carbocycles. The lowest BCUT2D eigenvalue weighted by atomic mass is 10.1. The van der Waals surface area contributed by atoms with Gasteiger partial charge in [0.15, 0.2) is 0 Å². The summed E-state index contributed by atoms with van der Waals surface area (Å²) in [5.74, 6) is -0.645. The van der Waals surface area contributed by atoms with Gasteiger partial charge in [-0.3, -0.25) is 0 Å². The minimum Gasteiger partial charge on any atom is -0.507 e. The van der Waals surface area contributed by atoms with Crippen molar-refractivity contribution >= 4 is 23.8 Å². The Balaban J connectivity index is 2.89. The van der Waals surface area contributed by atoms with Gasteiger partial charge in [-0.15, -0.1) is 0 Å². The molecule has 0 spiro atoms. The first kappa shape index (κ1) is 14.5. The molecule has 3 N–H and O–H groups in total. The number of ether oxygens (including phenoxy) is 1. The summed E-state index contributed by atoms with van der Waals surface area (Å²) in [6.07, 6.45) is 1.84. The molecule has 0 aliphatic carbocycles. The number of anilines is 1. The van der Waals surface area contributed by atoms with E-state index in [0.717, 1.165) is 0 Å². The molecule has 0 aliphatic rings. The summed E-state index contributed by atoms with van der Waals surface area (Å²) in [6.45, 7) is 2.95. The number of benzene rings is 1. The van der Waals surface area contributed by atoms with Crippen molar-refractivity contribution < 1.29 is 19.4 Å². The number of nitrogens with two attached hydrogens (primary N) is 1. The Kier molecular flexibility index (Phi) is 4.85. The largest absolute Gasteiger partial charge is 0.507 e. The molecule has 0 amide bonds. The number of nitrogens with zero attached hydrogens (tertiary/aromatic N) is 1. The number of isocyanates is 1. The van der Waals surface area contributed by atoms with Gasteiger partial charge >= 0.3 is 5.97 Å². The number of phenolic OH excluding ortho intramolecular Hbond substituents is 1. The van der Waals surface area contributed by atoms with Crippen LogP contribution in [-0.4, -0.2) is 23.4 Å². The van der Waals surface area contributed by atoms with Crippen molar-refractivity contribution in [3.63, 3.8) is 0 Å². The van der Waals surface area contributed by atoms with E-state index in [0.29, 0.717) is 11.3 Å². The standard InChI is InChI=1S/C13H14N2O4/c1-8(13(18)19-9(2)15-7-16)5-10-6-11(14)3-4-12(10)17/h3-6,9,17H,14H2,1-2H3/b8-5+. The first-order valence-corrected chi connectivity index (χ1v) is 5.48. The zero-order chi connectivity index (χ0) is 14.4. The summed E-state index contributed by atoms with van der Waals surface area (Å²) < 4.78 is 4.85. The fourth-order valence-corrected chi connectivity index (χ4v) is 1.33. The maximum absolute atomic E-state index is 11.6. The number of rotatable bonds is 4. The van der Waals surface area contributed by atoms with Gasteiger partial charge in [-0.2, -0.15) is 4.99 Å². The van der Waals surface area contributed by atoms with Crippen LogP contribution >= 0.6 is 0 Å². The predicted molar refractivity (Wildman–Crippen MR) is 69.8 cm³/mol. The fourth-order valence-electron chi connectivity index (χ4n) is 1.33. The molecule has 0 saturated heterocycles. The lowest BCUT2D eigenvalue weighted by Gasteiger charge is -2.07. The first-order chi connectivity index (χ1) is 8.93. The Morgan fingerprint density at radius 3 is 2.89 bits per heavy atom. The van der Waals surface area contributed by atoms with Gasteiger partial charge in [0.05, 0.1) is 0 Å². The Morgan fingerprint density at radius 1 is 1.58 bits per heavy atom. The predicted octanol–water partition coefficient (Wildman–Crippen LogP) is 1.60. The minimum absolute atomic E-state index is 0.000288. The van der Waals surface area contributed by atoms with Gasteiger partial charge in [-0.25, -0.2) is 9.59 Å². The van der Waals surface area contributed by atoms with E-state index in [9.17, 15) is 14.7 Å². The second-order valence-corrected chi connectivity index (χ2v) is 3.87. The average molecular weight is 262 g/mol. The van der Waals surface area contributed by atoms with Gasteiger partial charge in [0.25, 0.3) is 0 Å². The summed E-state index contributed by atoms with van der Waals surface area (Å²) in [4.78, 5) is 24.9. The van der Waals surface area contributed by atoms with Crippen LogP contribution in [0.15, 0.2) is 28.8 Å². The smallest absolute Gasteiger partial charge is 0.335 e. The van der Waals surface area contributed by atoms with Crippen LogP contribution in [-0.2, 0) is 14.3 Å². The van der Waals surface area contributed by atoms with E-state index in [2.05, 4.69) is 4.99 Å². The maximum Gasteiger partial charge on any atom is 0.335 e. The van der Waals surface area contributed by atoms with Crippen molar-refractivity contribution in [1.82, 2.24) is 0 Å². The molecule has 0 fully saturated rings. The summed E-state index contributed by atoms with van der Waals surface area (Å²) in [7, 11) is 0. The average Bonchev–Trinajstić information content (AvgIpc) is 2.34. The van der Waals surface area contributed by atoms with E-state index in [-0.39, 0.29) is 11.3 Å². The number of phenols is 1. The van der Waals surface area contributed by atoms with E-state index in [1.807, 2.05) is 0 Å². The number of carbonyl (C=O) groups excluding carboxylic acids is 2. The molecule has 1 atom stereocenters. The Labute approximate surface area is 110 Å². The monoisotopic (exact) mass is 262 g/mol. The van der Waals surface area contributed by atoms with Gasteiger partial charge in [-0.1, -0.05) is 0 Å². The molecule has 1 rings (SSSR count). The topological polar surface area (TPSA) is 102 Å². The highest BCUT2D eigenvalue weighted by Gasteiger charge is 2.11. The van der Waals surface area contributed by atoms with E-state index < -0.39 is 12.2 Å². The van der Waals surface area contributed by atoms with Crippen LogP contribution in [0.4, 0.5) is 5.69 Å². The zero-order valence-electron chi connectivity index (χ0n) is 10.6. The van der Waals surface area contributed by atoms with E-state index in [1.54, 1.807) is 6.07 Å². The first-order valence-electron chi connectivity index (χ1n) is 5.48. The van der Waals surface area contributed by atoms with Crippen LogP contribution in [0, 0.1) is 0 Å². The van der Waals surface area contributed by atoms with Crippen molar-refractivity contribution in [3.05, 3.63) is 29.3 Å². The third-order valence-electron chi connectivity index (χ3n) is 2.26. The number of aromatic hydroxyl groups is 1. The number of hydrogen-bond acceptors (Lipinski definition) is 6. The molecular weight excluding hydrogens is 248 g/mol. The lowest BCUT2D eigenvalue weighted by Crippen LogP contribution is -2.13. The van der Waals surface area contributed by atoms with Crippen molar-refractivity contribution in [2.75, 3.05) is 5.73 Å². The third-order valence-corrected chi connectivity index (χ3v) is 2.26. The molecular formula is C13H14N2O4. The SMILES string of the molecule is C/C(=C\c1cc(N)ccc1O)C(=O)OC(C)N=C=O. The molecule has 0 aromatic heterocycles. The summed E-state index contributed by atoms with van der Waals surface area (Å²) in [6, 6.07) is 4.50. The Bertz CT molecular complexity index is 560. The van der Waals surface area contributed by atoms with Crippen LogP contribution < -0.4 is 5.73 Å². The molecule has 1 aromatic rings. The normalized spacial score (nSPS) is 12.4. The van der Waals surface area contributed by atoms with Crippen molar-refractivity contribution in [1.29, 1.82) is 0 Å². The third kappa shape index (κ3) is 4.29. The lowest BCUT2D eigenvalue weighted by molar-refractivity contribution is -0.142. The van der Waals surface area contributed by atoms with Crippen molar-refractivity contribution in [2.45, 2.75) is 20.1 Å². The highest BCUT2D eigenvalue weighted by Crippen LogP contribution is 2.22. The fraction of sp³-hybridized carbons (Fsp3) is 0.231. The van der Waals surface area contributed by atoms with Crippen LogP contribution in [0.25, 0.3) is 6.08 Å². The quantitative estimate of drug-likeness (QED) is 0.214. The molecule has 0 saturated carbocycles.